The van der Waals surface area contributed by atoms with Crippen LogP contribution in [0.4, 0.5) is 4.39 Å². The molecule has 0 saturated carbocycles. The van der Waals surface area contributed by atoms with Gasteiger partial charge in [-0.15, -0.1) is 0 Å². The van der Waals surface area contributed by atoms with Gasteiger partial charge < -0.3 is 10.1 Å². The molecule has 5 heteroatoms. The summed E-state index contributed by atoms with van der Waals surface area (Å²) >= 11 is 0. The quantitative estimate of drug-likeness (QED) is 0.910. The van der Waals surface area contributed by atoms with Crippen molar-refractivity contribution in [2.45, 2.75) is 19.4 Å². The summed E-state index contributed by atoms with van der Waals surface area (Å²) in [5.41, 5.74) is 2.34. The van der Waals surface area contributed by atoms with E-state index >= 15 is 0 Å². The first kappa shape index (κ1) is 14.4. The summed E-state index contributed by atoms with van der Waals surface area (Å²) in [6.45, 7) is 1.87. The minimum Gasteiger partial charge on any atom is -0.481 e. The molecule has 0 bridgehead atoms. The predicted octanol–water partition coefficient (Wildman–Crippen LogP) is 2.44. The first-order chi connectivity index (χ1) is 9.63. The molecule has 1 aromatic carbocycles. The highest BCUT2D eigenvalue weighted by molar-refractivity contribution is 5.27. The number of hydrogen-bond acceptors (Lipinski definition) is 4. The largest absolute Gasteiger partial charge is 0.481 e. The van der Waals surface area contributed by atoms with Crippen molar-refractivity contribution >= 4 is 0 Å². The molecular formula is C15H18FN3O. The van der Waals surface area contributed by atoms with Gasteiger partial charge in [-0.25, -0.2) is 14.4 Å². The van der Waals surface area contributed by atoms with E-state index in [1.165, 1.54) is 6.33 Å². The van der Waals surface area contributed by atoms with Crippen LogP contribution in [0.3, 0.4) is 0 Å². The molecule has 0 amide bonds. The number of nitrogens with zero attached hydrogens (tertiary/aromatic N) is 2. The van der Waals surface area contributed by atoms with E-state index in [4.69, 9.17) is 4.74 Å². The maximum atomic E-state index is 14.0. The van der Waals surface area contributed by atoms with E-state index < -0.39 is 0 Å². The smallest absolute Gasteiger partial charge is 0.216 e. The number of aromatic nitrogens is 2. The Morgan fingerprint density at radius 1 is 1.30 bits per heavy atom. The van der Waals surface area contributed by atoms with Gasteiger partial charge in [-0.3, -0.25) is 0 Å². The van der Waals surface area contributed by atoms with Crippen molar-refractivity contribution in [3.8, 4) is 5.88 Å². The molecule has 4 nitrogen and oxygen atoms in total. The molecule has 1 N–H and O–H groups in total. The number of benzene rings is 1. The third-order valence-corrected chi connectivity index (χ3v) is 3.20. The molecule has 0 spiro atoms. The Balaban J connectivity index is 2.23. The molecule has 1 unspecified atom stereocenters. The van der Waals surface area contributed by atoms with Crippen LogP contribution in [-0.2, 0) is 6.42 Å². The lowest BCUT2D eigenvalue weighted by molar-refractivity contribution is 0.395. The zero-order chi connectivity index (χ0) is 14.5. The molecule has 106 valence electrons. The highest BCUT2D eigenvalue weighted by Gasteiger charge is 2.15. The van der Waals surface area contributed by atoms with E-state index in [1.54, 1.807) is 19.2 Å². The van der Waals surface area contributed by atoms with Crippen molar-refractivity contribution < 1.29 is 9.13 Å². The molecule has 20 heavy (non-hydrogen) atoms. The van der Waals surface area contributed by atoms with Crippen LogP contribution in [0.1, 0.15) is 22.9 Å². The molecule has 0 radical (unpaired) electrons. The van der Waals surface area contributed by atoms with Crippen molar-refractivity contribution in [2.24, 2.45) is 0 Å². The monoisotopic (exact) mass is 275 g/mol. The van der Waals surface area contributed by atoms with Gasteiger partial charge in [-0.1, -0.05) is 12.1 Å². The van der Waals surface area contributed by atoms with Crippen molar-refractivity contribution in [1.82, 2.24) is 15.3 Å². The lowest BCUT2D eigenvalue weighted by Crippen LogP contribution is -2.20. The van der Waals surface area contributed by atoms with Gasteiger partial charge in [0.1, 0.15) is 12.1 Å². The third-order valence-electron chi connectivity index (χ3n) is 3.20. The fraction of sp³-hybridized carbons (Fsp3) is 0.333. The van der Waals surface area contributed by atoms with Gasteiger partial charge in [-0.2, -0.15) is 0 Å². The lowest BCUT2D eigenvalue weighted by Gasteiger charge is -2.17. The summed E-state index contributed by atoms with van der Waals surface area (Å²) in [6.07, 6.45) is 2.02. The summed E-state index contributed by atoms with van der Waals surface area (Å²) in [5.74, 6) is 0.305. The average molecular weight is 275 g/mol. The zero-order valence-electron chi connectivity index (χ0n) is 11.9. The van der Waals surface area contributed by atoms with E-state index in [9.17, 15) is 4.39 Å². The summed E-state index contributed by atoms with van der Waals surface area (Å²) < 4.78 is 19.1. The van der Waals surface area contributed by atoms with E-state index in [2.05, 4.69) is 15.3 Å². The normalized spacial score (nSPS) is 12.2. The van der Waals surface area contributed by atoms with Gasteiger partial charge in [0.2, 0.25) is 5.88 Å². The van der Waals surface area contributed by atoms with Crippen LogP contribution < -0.4 is 10.1 Å². The summed E-state index contributed by atoms with van der Waals surface area (Å²) in [6, 6.07) is 6.87. The second-order valence-electron chi connectivity index (χ2n) is 4.62. The van der Waals surface area contributed by atoms with Gasteiger partial charge in [0.25, 0.3) is 0 Å². The Morgan fingerprint density at radius 2 is 2.10 bits per heavy atom. The maximum absolute atomic E-state index is 14.0. The molecule has 2 aromatic rings. The molecule has 0 aliphatic carbocycles. The van der Waals surface area contributed by atoms with Crippen molar-refractivity contribution in [1.29, 1.82) is 0 Å². The Bertz CT molecular complexity index is 589. The maximum Gasteiger partial charge on any atom is 0.216 e. The second-order valence-corrected chi connectivity index (χ2v) is 4.62. The number of halogens is 1. The van der Waals surface area contributed by atoms with Gasteiger partial charge >= 0.3 is 0 Å². The number of methoxy groups -OCH3 is 1. The van der Waals surface area contributed by atoms with Crippen LogP contribution in [0.2, 0.25) is 0 Å². The van der Waals surface area contributed by atoms with Crippen LogP contribution in [0.15, 0.2) is 30.6 Å². The van der Waals surface area contributed by atoms with Crippen molar-refractivity contribution in [3.63, 3.8) is 0 Å². The minimum absolute atomic E-state index is 0.143. The number of aryl methyl sites for hydroxylation is 1. The summed E-state index contributed by atoms with van der Waals surface area (Å²) in [4.78, 5) is 8.16. The van der Waals surface area contributed by atoms with Gasteiger partial charge in [0.05, 0.1) is 7.11 Å². The number of likely N-dealkylation sites (N-methyl/N-ethyl adjacent to an activating group) is 1. The predicted molar refractivity (Wildman–Crippen MR) is 75.2 cm³/mol. The Kier molecular flexibility index (Phi) is 4.63. The van der Waals surface area contributed by atoms with Crippen LogP contribution in [-0.4, -0.2) is 24.1 Å². The van der Waals surface area contributed by atoms with E-state index in [0.717, 1.165) is 11.3 Å². The molecule has 0 saturated heterocycles. The van der Waals surface area contributed by atoms with Gasteiger partial charge in [0.15, 0.2) is 0 Å². The zero-order valence-corrected chi connectivity index (χ0v) is 11.9. The van der Waals surface area contributed by atoms with E-state index in [-0.39, 0.29) is 11.9 Å². The highest BCUT2D eigenvalue weighted by atomic mass is 19.1. The van der Waals surface area contributed by atoms with Crippen LogP contribution in [0, 0.1) is 12.7 Å². The molecular weight excluding hydrogens is 257 g/mol. The standard InChI is InChI=1S/C15H18FN3O/c1-10-4-5-12(13(16)6-10)14(17-2)7-11-8-15(20-3)19-9-18-11/h4-6,8-9,14,17H,7H2,1-3H3. The number of ether oxygens (including phenoxy) is 1. The first-order valence-electron chi connectivity index (χ1n) is 6.42. The number of nitrogens with one attached hydrogen (secondary N) is 1. The topological polar surface area (TPSA) is 47.0 Å². The van der Waals surface area contributed by atoms with Gasteiger partial charge in [-0.05, 0) is 25.6 Å². The molecule has 1 heterocycles. The average Bonchev–Trinajstić information content (AvgIpc) is 2.45. The van der Waals surface area contributed by atoms with Gasteiger partial charge in [0, 0.05) is 29.8 Å². The highest BCUT2D eigenvalue weighted by Crippen LogP contribution is 2.22. The molecule has 2 rings (SSSR count). The molecule has 1 atom stereocenters. The number of hydrogen-bond donors (Lipinski definition) is 1. The first-order valence-corrected chi connectivity index (χ1v) is 6.42. The molecule has 1 aromatic heterocycles. The Hall–Kier alpha value is -2.01. The second kappa shape index (κ2) is 6.43. The van der Waals surface area contributed by atoms with Crippen LogP contribution in [0.5, 0.6) is 5.88 Å². The molecule has 0 fully saturated rings. The summed E-state index contributed by atoms with van der Waals surface area (Å²) in [5, 5.41) is 3.12. The fourth-order valence-corrected chi connectivity index (χ4v) is 2.09. The third kappa shape index (κ3) is 3.30. The number of rotatable bonds is 5. The van der Waals surface area contributed by atoms with Crippen molar-refractivity contribution in [2.75, 3.05) is 14.2 Å². The van der Waals surface area contributed by atoms with E-state index in [0.29, 0.717) is 17.9 Å². The Morgan fingerprint density at radius 3 is 2.75 bits per heavy atom. The minimum atomic E-state index is -0.203. The molecule has 0 aliphatic heterocycles. The molecule has 0 aliphatic rings. The fourth-order valence-electron chi connectivity index (χ4n) is 2.09. The van der Waals surface area contributed by atoms with E-state index in [1.807, 2.05) is 26.1 Å². The SMILES string of the molecule is CNC(Cc1cc(OC)ncn1)c1ccc(C)cc1F. The lowest BCUT2D eigenvalue weighted by atomic mass is 10.00. The van der Waals surface area contributed by atoms with Crippen LogP contribution >= 0.6 is 0 Å². The van der Waals surface area contributed by atoms with Crippen LogP contribution in [0.25, 0.3) is 0 Å². The summed E-state index contributed by atoms with van der Waals surface area (Å²) in [7, 11) is 3.36. The van der Waals surface area contributed by atoms with Crippen molar-refractivity contribution in [3.05, 3.63) is 53.2 Å². The Labute approximate surface area is 118 Å².